The first-order chi connectivity index (χ1) is 10.2. The molecule has 1 aliphatic rings. The first-order valence-electron chi connectivity index (χ1n) is 7.54. The molecule has 3 nitrogen and oxygen atoms in total. The fourth-order valence-electron chi connectivity index (χ4n) is 2.91. The van der Waals surface area contributed by atoms with Gasteiger partial charge in [-0.2, -0.15) is 5.10 Å². The number of thiophene rings is 1. The van der Waals surface area contributed by atoms with Gasteiger partial charge in [0.1, 0.15) is 0 Å². The molecule has 2 heterocycles. The normalized spacial score (nSPS) is 17.6. The number of thioether (sulfide) groups is 1. The van der Waals surface area contributed by atoms with E-state index >= 15 is 0 Å². The van der Waals surface area contributed by atoms with E-state index in [2.05, 4.69) is 44.8 Å². The molecule has 1 aliphatic carbocycles. The average molecular weight is 335 g/mol. The predicted octanol–water partition coefficient (Wildman–Crippen LogP) is 5.18. The van der Waals surface area contributed by atoms with Crippen LogP contribution in [0.3, 0.4) is 0 Å². The first-order valence-corrected chi connectivity index (χ1v) is 9.17. The molecule has 0 fully saturated rings. The van der Waals surface area contributed by atoms with Crippen LogP contribution in [-0.4, -0.2) is 20.7 Å². The average Bonchev–Trinajstić information content (AvgIpc) is 2.93. The molecule has 0 spiro atoms. The summed E-state index contributed by atoms with van der Waals surface area (Å²) >= 11 is 3.54. The van der Waals surface area contributed by atoms with Crippen molar-refractivity contribution in [3.8, 4) is 10.6 Å². The van der Waals surface area contributed by atoms with Gasteiger partial charge >= 0.3 is 0 Å². The number of carbonyl (C=O) groups excluding carboxylic acids is 1. The van der Waals surface area contributed by atoms with E-state index in [1.807, 2.05) is 6.07 Å². The van der Waals surface area contributed by atoms with Gasteiger partial charge in [-0.25, -0.2) is 0 Å². The summed E-state index contributed by atoms with van der Waals surface area (Å²) in [6.45, 7) is 10.9. The zero-order valence-electron chi connectivity index (χ0n) is 13.7. The lowest BCUT2D eigenvalue weighted by atomic mass is 9.74. The monoisotopic (exact) mass is 334 g/mol. The van der Waals surface area contributed by atoms with Crippen LogP contribution in [0.4, 0.5) is 0 Å². The van der Waals surface area contributed by atoms with Crippen LogP contribution in [0.2, 0.25) is 0 Å². The Morgan fingerprint density at radius 1 is 1.32 bits per heavy atom. The third kappa shape index (κ3) is 3.01. The molecule has 5 heteroatoms. The van der Waals surface area contributed by atoms with Crippen LogP contribution in [0, 0.1) is 5.41 Å². The van der Waals surface area contributed by atoms with Crippen LogP contribution in [0.25, 0.3) is 10.6 Å². The Bertz CT molecular complexity index is 706. The van der Waals surface area contributed by atoms with E-state index < -0.39 is 0 Å². The zero-order chi connectivity index (χ0) is 16.1. The molecule has 0 unspecified atom stereocenters. The number of Topliss-reactive ketones (excluding diaryl/α,β-unsaturated/α-hetero) is 1. The van der Waals surface area contributed by atoms with Crippen LogP contribution < -0.4 is 0 Å². The summed E-state index contributed by atoms with van der Waals surface area (Å²) in [5.41, 5.74) is 3.23. The quantitative estimate of drug-likeness (QED) is 0.769. The minimum atomic E-state index is 0.0313. The van der Waals surface area contributed by atoms with E-state index in [9.17, 15) is 4.79 Å². The van der Waals surface area contributed by atoms with Gasteiger partial charge in [0.05, 0.1) is 14.8 Å². The fraction of sp³-hybridized carbons (Fsp3) is 0.529. The van der Waals surface area contributed by atoms with Crippen molar-refractivity contribution in [1.29, 1.82) is 0 Å². The second-order valence-corrected chi connectivity index (χ2v) is 10.8. The fourth-order valence-corrected chi connectivity index (χ4v) is 6.01. The summed E-state index contributed by atoms with van der Waals surface area (Å²) in [4.78, 5) is 13.9. The highest BCUT2D eigenvalue weighted by Gasteiger charge is 2.37. The number of ketones is 1. The molecule has 2 aromatic rings. The lowest BCUT2D eigenvalue weighted by Crippen LogP contribution is -2.26. The molecule has 0 aliphatic heterocycles. The molecular formula is C17H22N2OS2. The van der Waals surface area contributed by atoms with Crippen LogP contribution in [0.5, 0.6) is 0 Å². The number of nitrogens with zero attached hydrogens (tertiary/aromatic N) is 1. The van der Waals surface area contributed by atoms with Crippen LogP contribution in [0.15, 0.2) is 16.5 Å². The maximum Gasteiger partial charge on any atom is 0.165 e. The number of nitrogens with one attached hydrogen (secondary N) is 1. The number of carbonyl (C=O) groups is 1. The van der Waals surface area contributed by atoms with E-state index in [-0.39, 0.29) is 10.2 Å². The van der Waals surface area contributed by atoms with E-state index in [4.69, 9.17) is 0 Å². The molecule has 3 rings (SSSR count). The van der Waals surface area contributed by atoms with Crippen molar-refractivity contribution in [1.82, 2.24) is 10.2 Å². The number of hydrogen-bond donors (Lipinski definition) is 1. The predicted molar refractivity (Wildman–Crippen MR) is 93.9 cm³/mol. The Balaban J connectivity index is 2.17. The van der Waals surface area contributed by atoms with Gasteiger partial charge in [-0.3, -0.25) is 9.89 Å². The summed E-state index contributed by atoms with van der Waals surface area (Å²) in [5, 5.41) is 7.14. The van der Waals surface area contributed by atoms with Crippen LogP contribution in [-0.2, 0) is 6.42 Å². The van der Waals surface area contributed by atoms with Gasteiger partial charge in [0, 0.05) is 22.9 Å². The lowest BCUT2D eigenvalue weighted by molar-refractivity contribution is 0.0910. The maximum absolute atomic E-state index is 12.8. The van der Waals surface area contributed by atoms with Gasteiger partial charge in [-0.15, -0.1) is 23.1 Å². The molecule has 118 valence electrons. The van der Waals surface area contributed by atoms with Crippen molar-refractivity contribution in [3.63, 3.8) is 0 Å². The van der Waals surface area contributed by atoms with Crippen molar-refractivity contribution >= 4 is 28.9 Å². The number of aromatic amines is 1. The van der Waals surface area contributed by atoms with E-state index in [1.54, 1.807) is 29.3 Å². The molecule has 0 amide bonds. The minimum Gasteiger partial charge on any atom is -0.294 e. The number of rotatable bonds is 2. The standard InChI is InChI=1S/C17H22N2OS2/c1-16(2,3)22-15-13-10(8-17(4,5)9-12(13)20)14(21-15)11-6-7-18-19-11/h6-7H,8-9H2,1-5H3,(H,18,19). The highest BCUT2D eigenvalue weighted by Crippen LogP contribution is 2.50. The van der Waals surface area contributed by atoms with E-state index in [0.717, 1.165) is 21.9 Å². The van der Waals surface area contributed by atoms with Crippen molar-refractivity contribution in [2.75, 3.05) is 0 Å². The summed E-state index contributed by atoms with van der Waals surface area (Å²) in [7, 11) is 0. The minimum absolute atomic E-state index is 0.0313. The van der Waals surface area contributed by atoms with Gasteiger partial charge in [-0.1, -0.05) is 34.6 Å². The van der Waals surface area contributed by atoms with Crippen LogP contribution >= 0.6 is 23.1 Å². The number of fused-ring (bicyclic) bond motifs is 1. The second-order valence-electron chi connectivity index (χ2n) is 7.70. The van der Waals surface area contributed by atoms with Gasteiger partial charge < -0.3 is 0 Å². The van der Waals surface area contributed by atoms with Crippen LogP contribution in [0.1, 0.15) is 57.0 Å². The highest BCUT2D eigenvalue weighted by molar-refractivity contribution is 8.02. The van der Waals surface area contributed by atoms with Gasteiger partial charge in [0.2, 0.25) is 0 Å². The SMILES string of the molecule is CC1(C)CC(=O)c2c(SC(C)(C)C)sc(-c3ccn[nH]3)c2C1. The van der Waals surface area contributed by atoms with E-state index in [0.29, 0.717) is 12.2 Å². The molecule has 1 N–H and O–H groups in total. The van der Waals surface area contributed by atoms with Crippen molar-refractivity contribution < 1.29 is 4.79 Å². The van der Waals surface area contributed by atoms with Gasteiger partial charge in [-0.05, 0) is 23.5 Å². The molecule has 0 saturated heterocycles. The molecule has 0 atom stereocenters. The molecule has 22 heavy (non-hydrogen) atoms. The number of H-pyrrole nitrogens is 1. The summed E-state index contributed by atoms with van der Waals surface area (Å²) < 4.78 is 1.25. The molecule has 0 radical (unpaired) electrons. The van der Waals surface area contributed by atoms with Gasteiger partial charge in [0.25, 0.3) is 0 Å². The van der Waals surface area contributed by atoms with E-state index in [1.165, 1.54) is 10.4 Å². The van der Waals surface area contributed by atoms with Crippen molar-refractivity contribution in [3.05, 3.63) is 23.4 Å². The number of aromatic nitrogens is 2. The first kappa shape index (κ1) is 15.8. The summed E-state index contributed by atoms with van der Waals surface area (Å²) in [6.07, 6.45) is 3.36. The largest absolute Gasteiger partial charge is 0.294 e. The Labute approximate surface area is 139 Å². The number of hydrogen-bond acceptors (Lipinski definition) is 4. The Hall–Kier alpha value is -1.07. The lowest BCUT2D eigenvalue weighted by Gasteiger charge is -2.29. The Morgan fingerprint density at radius 3 is 2.64 bits per heavy atom. The zero-order valence-corrected chi connectivity index (χ0v) is 15.4. The second kappa shape index (κ2) is 5.24. The topological polar surface area (TPSA) is 45.8 Å². The molecule has 0 bridgehead atoms. The molecular weight excluding hydrogens is 312 g/mol. The highest BCUT2D eigenvalue weighted by atomic mass is 32.2. The molecule has 0 aromatic carbocycles. The van der Waals surface area contributed by atoms with Crippen molar-refractivity contribution in [2.45, 2.75) is 56.4 Å². The third-order valence-electron chi connectivity index (χ3n) is 3.69. The molecule has 0 saturated carbocycles. The molecule has 2 aromatic heterocycles. The Kier molecular flexibility index (Phi) is 3.76. The summed E-state index contributed by atoms with van der Waals surface area (Å²) in [6, 6.07) is 1.99. The van der Waals surface area contributed by atoms with Crippen molar-refractivity contribution in [2.24, 2.45) is 5.41 Å². The smallest absolute Gasteiger partial charge is 0.165 e. The summed E-state index contributed by atoms with van der Waals surface area (Å²) in [5.74, 6) is 0.292. The van der Waals surface area contributed by atoms with Gasteiger partial charge in [0.15, 0.2) is 5.78 Å². The third-order valence-corrected chi connectivity index (χ3v) is 6.25. The Morgan fingerprint density at radius 2 is 2.05 bits per heavy atom. The maximum atomic E-state index is 12.8.